The standard InChI is InChI=1S/C17H17ClN2O/c18-14-7-9-15(10-8-14)19-16(21)20-17(11-4-12-17)13-5-2-1-3-6-13/h1-3,5-10H,4,11-12H2,(H2,19,20,21). The molecule has 2 aromatic carbocycles. The van der Waals surface area contributed by atoms with Crippen molar-refractivity contribution in [3.05, 3.63) is 65.2 Å². The normalized spacial score (nSPS) is 15.9. The molecule has 4 heteroatoms. The molecule has 1 aliphatic carbocycles. The van der Waals surface area contributed by atoms with Crippen molar-refractivity contribution in [1.29, 1.82) is 0 Å². The molecule has 2 amide bonds. The molecule has 0 saturated heterocycles. The van der Waals surface area contributed by atoms with Gasteiger partial charge in [-0.1, -0.05) is 41.9 Å². The summed E-state index contributed by atoms with van der Waals surface area (Å²) in [6.45, 7) is 0. The van der Waals surface area contributed by atoms with Gasteiger partial charge in [0.25, 0.3) is 0 Å². The molecule has 1 saturated carbocycles. The Morgan fingerprint density at radius 2 is 1.67 bits per heavy atom. The van der Waals surface area contributed by atoms with Crippen molar-refractivity contribution < 1.29 is 4.79 Å². The van der Waals surface area contributed by atoms with E-state index in [0.717, 1.165) is 24.9 Å². The minimum Gasteiger partial charge on any atom is -0.328 e. The van der Waals surface area contributed by atoms with Gasteiger partial charge in [0.05, 0.1) is 5.54 Å². The number of carbonyl (C=O) groups excluding carboxylic acids is 1. The molecule has 1 fully saturated rings. The van der Waals surface area contributed by atoms with Gasteiger partial charge in [-0.15, -0.1) is 0 Å². The van der Waals surface area contributed by atoms with Gasteiger partial charge in [-0.05, 0) is 49.1 Å². The molecule has 0 atom stereocenters. The van der Waals surface area contributed by atoms with E-state index in [0.29, 0.717) is 5.02 Å². The molecule has 108 valence electrons. The second kappa shape index (κ2) is 5.78. The average molecular weight is 301 g/mol. The SMILES string of the molecule is O=C(Nc1ccc(Cl)cc1)NC1(c2ccccc2)CCC1. The van der Waals surface area contributed by atoms with Crippen LogP contribution in [0, 0.1) is 0 Å². The van der Waals surface area contributed by atoms with E-state index in [9.17, 15) is 4.79 Å². The summed E-state index contributed by atoms with van der Waals surface area (Å²) >= 11 is 5.84. The van der Waals surface area contributed by atoms with Crippen LogP contribution in [0.5, 0.6) is 0 Å². The van der Waals surface area contributed by atoms with Crippen molar-refractivity contribution in [2.24, 2.45) is 0 Å². The number of halogens is 1. The third-order valence-corrected chi connectivity index (χ3v) is 4.24. The van der Waals surface area contributed by atoms with E-state index in [1.165, 1.54) is 5.56 Å². The Balaban J connectivity index is 1.70. The number of hydrogen-bond acceptors (Lipinski definition) is 1. The Labute approximate surface area is 129 Å². The summed E-state index contributed by atoms with van der Waals surface area (Å²) in [6, 6.07) is 17.1. The van der Waals surface area contributed by atoms with Gasteiger partial charge in [-0.3, -0.25) is 0 Å². The van der Waals surface area contributed by atoms with Gasteiger partial charge in [0.2, 0.25) is 0 Å². The lowest BCUT2D eigenvalue weighted by atomic mass is 9.72. The molecule has 0 radical (unpaired) electrons. The predicted octanol–water partition coefficient (Wildman–Crippen LogP) is 4.54. The van der Waals surface area contributed by atoms with Crippen molar-refractivity contribution >= 4 is 23.3 Å². The second-order valence-corrected chi connectivity index (χ2v) is 5.82. The van der Waals surface area contributed by atoms with Crippen LogP contribution in [0.2, 0.25) is 5.02 Å². The van der Waals surface area contributed by atoms with Gasteiger partial charge in [0.15, 0.2) is 0 Å². The first kappa shape index (κ1) is 14.0. The van der Waals surface area contributed by atoms with Crippen molar-refractivity contribution in [1.82, 2.24) is 5.32 Å². The molecular formula is C17H17ClN2O. The smallest absolute Gasteiger partial charge is 0.319 e. The highest BCUT2D eigenvalue weighted by molar-refractivity contribution is 6.30. The van der Waals surface area contributed by atoms with Crippen LogP contribution in [-0.4, -0.2) is 6.03 Å². The van der Waals surface area contributed by atoms with E-state index in [1.54, 1.807) is 24.3 Å². The summed E-state index contributed by atoms with van der Waals surface area (Å²) in [5.74, 6) is 0. The molecule has 3 nitrogen and oxygen atoms in total. The van der Waals surface area contributed by atoms with Gasteiger partial charge >= 0.3 is 6.03 Å². The van der Waals surface area contributed by atoms with Crippen LogP contribution in [0.3, 0.4) is 0 Å². The highest BCUT2D eigenvalue weighted by Gasteiger charge is 2.39. The first-order chi connectivity index (χ1) is 10.2. The third-order valence-electron chi connectivity index (χ3n) is 3.99. The maximum Gasteiger partial charge on any atom is 0.319 e. The highest BCUT2D eigenvalue weighted by atomic mass is 35.5. The molecule has 0 spiro atoms. The topological polar surface area (TPSA) is 41.1 Å². The van der Waals surface area contributed by atoms with E-state index in [1.807, 2.05) is 18.2 Å². The Kier molecular flexibility index (Phi) is 3.84. The fraction of sp³-hybridized carbons (Fsp3) is 0.235. The van der Waals surface area contributed by atoms with Crippen LogP contribution in [0.25, 0.3) is 0 Å². The number of urea groups is 1. The van der Waals surface area contributed by atoms with Crippen LogP contribution < -0.4 is 10.6 Å². The molecule has 0 heterocycles. The molecule has 1 aliphatic rings. The molecule has 0 aromatic heterocycles. The molecule has 2 N–H and O–H groups in total. The molecule has 0 unspecified atom stereocenters. The number of benzene rings is 2. The van der Waals surface area contributed by atoms with E-state index in [4.69, 9.17) is 11.6 Å². The van der Waals surface area contributed by atoms with Gasteiger partial charge in [-0.2, -0.15) is 0 Å². The zero-order valence-electron chi connectivity index (χ0n) is 11.6. The van der Waals surface area contributed by atoms with Gasteiger partial charge in [-0.25, -0.2) is 4.79 Å². The lowest BCUT2D eigenvalue weighted by Crippen LogP contribution is -2.52. The Morgan fingerprint density at radius 3 is 2.24 bits per heavy atom. The zero-order valence-corrected chi connectivity index (χ0v) is 12.4. The van der Waals surface area contributed by atoms with Gasteiger partial charge < -0.3 is 10.6 Å². The van der Waals surface area contributed by atoms with Crippen LogP contribution in [0.15, 0.2) is 54.6 Å². The van der Waals surface area contributed by atoms with E-state index < -0.39 is 0 Å². The summed E-state index contributed by atoms with van der Waals surface area (Å²) in [5.41, 5.74) is 1.68. The first-order valence-electron chi connectivity index (χ1n) is 7.08. The van der Waals surface area contributed by atoms with Crippen molar-refractivity contribution in [3.63, 3.8) is 0 Å². The van der Waals surface area contributed by atoms with Crippen molar-refractivity contribution in [2.75, 3.05) is 5.32 Å². The maximum atomic E-state index is 12.2. The number of anilines is 1. The fourth-order valence-corrected chi connectivity index (χ4v) is 2.81. The van der Waals surface area contributed by atoms with Crippen LogP contribution in [0.1, 0.15) is 24.8 Å². The predicted molar refractivity (Wildman–Crippen MR) is 85.6 cm³/mol. The molecule has 21 heavy (non-hydrogen) atoms. The first-order valence-corrected chi connectivity index (χ1v) is 7.46. The molecule has 0 bridgehead atoms. The molecule has 3 rings (SSSR count). The summed E-state index contributed by atoms with van der Waals surface area (Å²) in [7, 11) is 0. The minimum absolute atomic E-state index is 0.180. The summed E-state index contributed by atoms with van der Waals surface area (Å²) in [5, 5.41) is 6.63. The molecule has 2 aromatic rings. The van der Waals surface area contributed by atoms with E-state index in [-0.39, 0.29) is 11.6 Å². The summed E-state index contributed by atoms with van der Waals surface area (Å²) in [4.78, 5) is 12.2. The number of nitrogens with one attached hydrogen (secondary N) is 2. The fourth-order valence-electron chi connectivity index (χ4n) is 2.69. The van der Waals surface area contributed by atoms with Crippen LogP contribution in [0.4, 0.5) is 10.5 Å². The maximum absolute atomic E-state index is 12.2. The Bertz CT molecular complexity index is 621. The number of carbonyl (C=O) groups is 1. The van der Waals surface area contributed by atoms with E-state index >= 15 is 0 Å². The Hall–Kier alpha value is -2.00. The van der Waals surface area contributed by atoms with E-state index in [2.05, 4.69) is 22.8 Å². The minimum atomic E-state index is -0.224. The lowest BCUT2D eigenvalue weighted by molar-refractivity contribution is 0.185. The van der Waals surface area contributed by atoms with Crippen LogP contribution >= 0.6 is 11.6 Å². The zero-order chi connectivity index (χ0) is 14.7. The van der Waals surface area contributed by atoms with Gasteiger partial charge in [0.1, 0.15) is 0 Å². The lowest BCUT2D eigenvalue weighted by Gasteiger charge is -2.43. The largest absolute Gasteiger partial charge is 0.328 e. The Morgan fingerprint density at radius 1 is 1.00 bits per heavy atom. The molecular weight excluding hydrogens is 284 g/mol. The average Bonchev–Trinajstić information content (AvgIpc) is 2.46. The summed E-state index contributed by atoms with van der Waals surface area (Å²) < 4.78 is 0. The van der Waals surface area contributed by atoms with Crippen molar-refractivity contribution in [2.45, 2.75) is 24.8 Å². The number of rotatable bonds is 3. The molecule has 0 aliphatic heterocycles. The van der Waals surface area contributed by atoms with Crippen LogP contribution in [-0.2, 0) is 5.54 Å². The number of hydrogen-bond donors (Lipinski definition) is 2. The highest BCUT2D eigenvalue weighted by Crippen LogP contribution is 2.41. The number of amides is 2. The van der Waals surface area contributed by atoms with Crippen molar-refractivity contribution in [3.8, 4) is 0 Å². The quantitative estimate of drug-likeness (QED) is 0.858. The summed E-state index contributed by atoms with van der Waals surface area (Å²) in [6.07, 6.45) is 3.09. The monoisotopic (exact) mass is 300 g/mol. The third kappa shape index (κ3) is 3.03. The van der Waals surface area contributed by atoms with Gasteiger partial charge in [0, 0.05) is 10.7 Å². The second-order valence-electron chi connectivity index (χ2n) is 5.39.